The van der Waals surface area contributed by atoms with Crippen molar-refractivity contribution in [3.63, 3.8) is 0 Å². The highest BCUT2D eigenvalue weighted by molar-refractivity contribution is 7.17. The van der Waals surface area contributed by atoms with E-state index in [4.69, 9.17) is 4.74 Å². The van der Waals surface area contributed by atoms with Crippen LogP contribution in [0.1, 0.15) is 49.5 Å². The van der Waals surface area contributed by atoms with Crippen LogP contribution in [-0.2, 0) is 16.1 Å². The van der Waals surface area contributed by atoms with Gasteiger partial charge in [-0.05, 0) is 37.3 Å². The van der Waals surface area contributed by atoms with Crippen LogP contribution in [0.5, 0.6) is 0 Å². The van der Waals surface area contributed by atoms with Crippen LogP contribution in [0.25, 0.3) is 10.2 Å². The molecule has 2 aromatic heterocycles. The predicted octanol–water partition coefficient (Wildman–Crippen LogP) is 3.01. The fourth-order valence-electron chi connectivity index (χ4n) is 4.39. The molecule has 0 bridgehead atoms. The summed E-state index contributed by atoms with van der Waals surface area (Å²) in [6.07, 6.45) is 5.61. The van der Waals surface area contributed by atoms with Gasteiger partial charge in [-0.3, -0.25) is 9.59 Å². The number of carbonyl (C=O) groups excluding carboxylic acids is 2. The van der Waals surface area contributed by atoms with E-state index in [-0.39, 0.29) is 17.9 Å². The van der Waals surface area contributed by atoms with E-state index in [1.807, 2.05) is 29.0 Å². The zero-order valence-corrected chi connectivity index (χ0v) is 16.8. The number of aromatic nitrogens is 1. The molecule has 1 fully saturated rings. The van der Waals surface area contributed by atoms with Crippen molar-refractivity contribution in [1.29, 1.82) is 0 Å². The smallest absolute Gasteiger partial charge is 0.271 e. The molecule has 1 saturated carbocycles. The van der Waals surface area contributed by atoms with Crippen molar-refractivity contribution in [1.82, 2.24) is 14.8 Å². The SMILES string of the molecule is COCCN1C(=O)c2cc3sccc3n2CC1(C)C(=O)NC1CCCCC1. The van der Waals surface area contributed by atoms with Crippen molar-refractivity contribution < 1.29 is 14.3 Å². The van der Waals surface area contributed by atoms with Gasteiger partial charge in [0.05, 0.1) is 23.4 Å². The van der Waals surface area contributed by atoms with E-state index in [0.717, 1.165) is 35.9 Å². The van der Waals surface area contributed by atoms with Crippen LogP contribution in [0.3, 0.4) is 0 Å². The molecule has 27 heavy (non-hydrogen) atoms. The summed E-state index contributed by atoms with van der Waals surface area (Å²) >= 11 is 1.62. The Morgan fingerprint density at radius 1 is 1.37 bits per heavy atom. The number of hydrogen-bond acceptors (Lipinski definition) is 4. The Hall–Kier alpha value is -1.86. The highest BCUT2D eigenvalue weighted by Crippen LogP contribution is 2.34. The van der Waals surface area contributed by atoms with Gasteiger partial charge in [-0.1, -0.05) is 19.3 Å². The van der Waals surface area contributed by atoms with E-state index in [9.17, 15) is 9.59 Å². The predicted molar refractivity (Wildman–Crippen MR) is 106 cm³/mol. The minimum absolute atomic E-state index is 0.0541. The lowest BCUT2D eigenvalue weighted by Gasteiger charge is -2.44. The van der Waals surface area contributed by atoms with Gasteiger partial charge in [0, 0.05) is 19.7 Å². The van der Waals surface area contributed by atoms with Crippen LogP contribution in [-0.4, -0.2) is 53.1 Å². The summed E-state index contributed by atoms with van der Waals surface area (Å²) in [4.78, 5) is 28.3. The van der Waals surface area contributed by atoms with E-state index in [2.05, 4.69) is 5.32 Å². The minimum Gasteiger partial charge on any atom is -0.383 e. The summed E-state index contributed by atoms with van der Waals surface area (Å²) in [6, 6.07) is 4.19. The van der Waals surface area contributed by atoms with E-state index in [0.29, 0.717) is 25.4 Å². The van der Waals surface area contributed by atoms with Gasteiger partial charge in [0.1, 0.15) is 11.2 Å². The number of methoxy groups -OCH3 is 1. The quantitative estimate of drug-likeness (QED) is 0.855. The Labute approximate surface area is 163 Å². The molecule has 6 nitrogen and oxygen atoms in total. The number of hydrogen-bond donors (Lipinski definition) is 1. The number of rotatable bonds is 5. The molecule has 1 aliphatic carbocycles. The fourth-order valence-corrected chi connectivity index (χ4v) is 5.22. The lowest BCUT2D eigenvalue weighted by Crippen LogP contribution is -2.65. The molecular formula is C20H27N3O3S. The summed E-state index contributed by atoms with van der Waals surface area (Å²) in [5, 5.41) is 5.26. The maximum absolute atomic E-state index is 13.4. The monoisotopic (exact) mass is 389 g/mol. The average molecular weight is 390 g/mol. The minimum atomic E-state index is -0.923. The molecule has 2 aromatic rings. The first-order valence-corrected chi connectivity index (χ1v) is 10.6. The molecule has 1 aliphatic heterocycles. The molecule has 0 aromatic carbocycles. The third-order valence-corrected chi connectivity index (χ3v) is 6.85. The molecule has 7 heteroatoms. The highest BCUT2D eigenvalue weighted by atomic mass is 32.1. The molecule has 4 rings (SSSR count). The summed E-state index contributed by atoms with van der Waals surface area (Å²) < 4.78 is 8.31. The van der Waals surface area contributed by atoms with Crippen LogP contribution in [0.4, 0.5) is 0 Å². The molecule has 1 unspecified atom stereocenters. The summed E-state index contributed by atoms with van der Waals surface area (Å²) in [5.41, 5.74) is 0.774. The first-order chi connectivity index (χ1) is 13.0. The standard InChI is InChI=1S/C20H27N3O3S/c1-20(19(25)21-14-6-4-3-5-7-14)13-22-15-8-11-27-17(15)12-16(22)18(24)23(20)9-10-26-2/h8,11-12,14H,3-7,9-10,13H2,1-2H3,(H,21,25). The summed E-state index contributed by atoms with van der Waals surface area (Å²) in [7, 11) is 1.62. The molecule has 0 saturated heterocycles. The van der Waals surface area contributed by atoms with Gasteiger partial charge in [0.15, 0.2) is 0 Å². The Balaban J connectivity index is 1.67. The van der Waals surface area contributed by atoms with Crippen molar-refractivity contribution in [2.24, 2.45) is 0 Å². The number of thiophene rings is 1. The Morgan fingerprint density at radius 2 is 2.15 bits per heavy atom. The van der Waals surface area contributed by atoms with Crippen LogP contribution < -0.4 is 5.32 Å². The largest absolute Gasteiger partial charge is 0.383 e. The van der Waals surface area contributed by atoms with Gasteiger partial charge >= 0.3 is 0 Å². The molecule has 3 heterocycles. The van der Waals surface area contributed by atoms with Crippen molar-refractivity contribution in [2.75, 3.05) is 20.3 Å². The first kappa shape index (κ1) is 18.5. The second-order valence-corrected chi connectivity index (χ2v) is 8.77. The lowest BCUT2D eigenvalue weighted by molar-refractivity contribution is -0.134. The van der Waals surface area contributed by atoms with Crippen molar-refractivity contribution >= 4 is 33.4 Å². The number of carbonyl (C=O) groups is 2. The molecule has 2 amide bonds. The van der Waals surface area contributed by atoms with Gasteiger partial charge in [-0.15, -0.1) is 11.3 Å². The molecule has 0 spiro atoms. The zero-order valence-electron chi connectivity index (χ0n) is 16.0. The van der Waals surface area contributed by atoms with Gasteiger partial charge in [0.25, 0.3) is 5.91 Å². The van der Waals surface area contributed by atoms with Crippen LogP contribution >= 0.6 is 11.3 Å². The lowest BCUT2D eigenvalue weighted by atomic mass is 9.91. The third kappa shape index (κ3) is 3.17. The molecular weight excluding hydrogens is 362 g/mol. The normalized spacial score (nSPS) is 23.6. The second kappa shape index (κ2) is 7.28. The van der Waals surface area contributed by atoms with E-state index in [1.54, 1.807) is 23.3 Å². The molecule has 1 atom stereocenters. The number of nitrogens with one attached hydrogen (secondary N) is 1. The van der Waals surface area contributed by atoms with Crippen molar-refractivity contribution in [2.45, 2.75) is 57.2 Å². The molecule has 146 valence electrons. The number of ether oxygens (including phenoxy) is 1. The van der Waals surface area contributed by atoms with Gasteiger partial charge in [-0.25, -0.2) is 0 Å². The molecule has 1 N–H and O–H groups in total. The Kier molecular flexibility index (Phi) is 4.99. The van der Waals surface area contributed by atoms with E-state index < -0.39 is 5.54 Å². The van der Waals surface area contributed by atoms with Crippen LogP contribution in [0.15, 0.2) is 17.5 Å². The highest BCUT2D eigenvalue weighted by Gasteiger charge is 2.48. The van der Waals surface area contributed by atoms with E-state index >= 15 is 0 Å². The van der Waals surface area contributed by atoms with Gasteiger partial charge in [0.2, 0.25) is 5.91 Å². The van der Waals surface area contributed by atoms with Gasteiger partial charge < -0.3 is 19.5 Å². The molecule has 0 radical (unpaired) electrons. The van der Waals surface area contributed by atoms with Gasteiger partial charge in [-0.2, -0.15) is 0 Å². The zero-order chi connectivity index (χ0) is 19.0. The van der Waals surface area contributed by atoms with Crippen LogP contribution in [0, 0.1) is 0 Å². The summed E-state index contributed by atoms with van der Waals surface area (Å²) in [6.45, 7) is 3.17. The van der Waals surface area contributed by atoms with Crippen LogP contribution in [0.2, 0.25) is 0 Å². The van der Waals surface area contributed by atoms with Crippen molar-refractivity contribution in [3.8, 4) is 0 Å². The van der Waals surface area contributed by atoms with E-state index in [1.165, 1.54) is 6.42 Å². The maximum atomic E-state index is 13.4. The second-order valence-electron chi connectivity index (χ2n) is 7.82. The first-order valence-electron chi connectivity index (χ1n) is 9.73. The third-order valence-electron chi connectivity index (χ3n) is 6.00. The Bertz CT molecular complexity index is 852. The Morgan fingerprint density at radius 3 is 2.89 bits per heavy atom. The maximum Gasteiger partial charge on any atom is 0.271 e. The average Bonchev–Trinajstić information content (AvgIpc) is 3.25. The van der Waals surface area contributed by atoms with Crippen molar-refractivity contribution in [3.05, 3.63) is 23.2 Å². The topological polar surface area (TPSA) is 63.6 Å². The number of amides is 2. The number of fused-ring (bicyclic) bond motifs is 3. The summed E-state index contributed by atoms with van der Waals surface area (Å²) in [5.74, 6) is -0.149. The molecule has 2 aliphatic rings. The fraction of sp³-hybridized carbons (Fsp3) is 0.600. The number of nitrogens with zero attached hydrogens (tertiary/aromatic N) is 2.